The monoisotopic (exact) mass is 202 g/mol. The molecule has 0 aromatic heterocycles. The van der Waals surface area contributed by atoms with Gasteiger partial charge in [0.2, 0.25) is 0 Å². The maximum Gasteiger partial charge on any atom is 0.0184 e. The molecule has 3 unspecified atom stereocenters. The zero-order valence-electron chi connectivity index (χ0n) is 8.99. The lowest BCUT2D eigenvalue weighted by molar-refractivity contribution is 0.199. The molecule has 1 fully saturated rings. The van der Waals surface area contributed by atoms with E-state index in [1.165, 1.54) is 12.3 Å². The highest BCUT2D eigenvalue weighted by molar-refractivity contribution is 8.00. The molecule has 3 heteroatoms. The summed E-state index contributed by atoms with van der Waals surface area (Å²) >= 11 is 2.08. The molecular weight excluding hydrogens is 180 g/mol. The fourth-order valence-corrected chi connectivity index (χ4v) is 2.85. The van der Waals surface area contributed by atoms with Crippen LogP contribution in [0.5, 0.6) is 0 Å². The van der Waals surface area contributed by atoms with E-state index in [-0.39, 0.29) is 0 Å². The Morgan fingerprint density at radius 1 is 1.54 bits per heavy atom. The normalized spacial score (nSPS) is 33.2. The lowest BCUT2D eigenvalue weighted by atomic mass is 10.1. The summed E-state index contributed by atoms with van der Waals surface area (Å²) in [6.45, 7) is 9.09. The summed E-state index contributed by atoms with van der Waals surface area (Å²) in [5, 5.41) is 0.762. The van der Waals surface area contributed by atoms with Crippen LogP contribution >= 0.6 is 11.8 Å². The Morgan fingerprint density at radius 2 is 2.23 bits per heavy atom. The third-order valence-electron chi connectivity index (χ3n) is 3.01. The van der Waals surface area contributed by atoms with Crippen LogP contribution in [0.4, 0.5) is 0 Å². The molecule has 0 bridgehead atoms. The van der Waals surface area contributed by atoms with E-state index < -0.39 is 0 Å². The Labute approximate surface area is 86.2 Å². The molecule has 0 radical (unpaired) electrons. The van der Waals surface area contributed by atoms with Crippen molar-refractivity contribution in [2.75, 3.05) is 18.8 Å². The van der Waals surface area contributed by atoms with E-state index in [9.17, 15) is 0 Å². The van der Waals surface area contributed by atoms with Crippen LogP contribution in [0.2, 0.25) is 0 Å². The number of nitrogens with zero attached hydrogens (tertiary/aromatic N) is 1. The van der Waals surface area contributed by atoms with Crippen molar-refractivity contribution >= 4 is 11.8 Å². The van der Waals surface area contributed by atoms with Crippen molar-refractivity contribution in [3.8, 4) is 0 Å². The predicted octanol–water partition coefficient (Wildman–Crippen LogP) is 1.55. The van der Waals surface area contributed by atoms with Gasteiger partial charge in [-0.3, -0.25) is 4.90 Å². The third-order valence-corrected chi connectivity index (χ3v) is 4.35. The zero-order chi connectivity index (χ0) is 9.84. The largest absolute Gasteiger partial charge is 0.327 e. The number of hydrogen-bond acceptors (Lipinski definition) is 3. The summed E-state index contributed by atoms with van der Waals surface area (Å²) in [4.78, 5) is 2.54. The van der Waals surface area contributed by atoms with Crippen LogP contribution in [0.1, 0.15) is 27.2 Å². The van der Waals surface area contributed by atoms with E-state index in [0.29, 0.717) is 12.1 Å². The molecule has 3 atom stereocenters. The van der Waals surface area contributed by atoms with Crippen LogP contribution in [-0.4, -0.2) is 41.1 Å². The van der Waals surface area contributed by atoms with Crippen LogP contribution in [-0.2, 0) is 0 Å². The summed E-state index contributed by atoms with van der Waals surface area (Å²) < 4.78 is 0. The van der Waals surface area contributed by atoms with Gasteiger partial charge in [-0.25, -0.2) is 0 Å². The van der Waals surface area contributed by atoms with Gasteiger partial charge in [-0.2, -0.15) is 11.8 Å². The molecule has 78 valence electrons. The third kappa shape index (κ3) is 3.15. The molecule has 0 amide bonds. The Kier molecular flexibility index (Phi) is 4.56. The van der Waals surface area contributed by atoms with Crippen molar-refractivity contribution < 1.29 is 0 Å². The molecule has 0 aliphatic carbocycles. The van der Waals surface area contributed by atoms with Crippen LogP contribution in [0.15, 0.2) is 0 Å². The Hall–Kier alpha value is 0.270. The second kappa shape index (κ2) is 5.23. The molecule has 2 nitrogen and oxygen atoms in total. The Balaban J connectivity index is 2.39. The lowest BCUT2D eigenvalue weighted by Gasteiger charge is -2.38. The first-order valence-corrected chi connectivity index (χ1v) is 6.31. The molecule has 1 aliphatic heterocycles. The van der Waals surface area contributed by atoms with Crippen molar-refractivity contribution in [1.29, 1.82) is 0 Å². The Morgan fingerprint density at radius 3 is 2.85 bits per heavy atom. The topological polar surface area (TPSA) is 29.3 Å². The van der Waals surface area contributed by atoms with Crippen LogP contribution in [0.3, 0.4) is 0 Å². The summed E-state index contributed by atoms with van der Waals surface area (Å²) in [6.07, 6.45) is 1.09. The molecule has 1 rings (SSSR count). The molecule has 1 heterocycles. The summed E-state index contributed by atoms with van der Waals surface area (Å²) in [6, 6.07) is 1.05. The molecule has 2 N–H and O–H groups in total. The average Bonchev–Trinajstić information content (AvgIpc) is 2.13. The number of nitrogens with two attached hydrogens (primary N) is 1. The smallest absolute Gasteiger partial charge is 0.0184 e. The van der Waals surface area contributed by atoms with Gasteiger partial charge >= 0.3 is 0 Å². The number of thioether (sulfide) groups is 1. The minimum Gasteiger partial charge on any atom is -0.327 e. The van der Waals surface area contributed by atoms with E-state index in [1.807, 2.05) is 0 Å². The van der Waals surface area contributed by atoms with Crippen LogP contribution in [0.25, 0.3) is 0 Å². The van der Waals surface area contributed by atoms with E-state index in [2.05, 4.69) is 37.4 Å². The fourth-order valence-electron chi connectivity index (χ4n) is 1.68. The Bertz CT molecular complexity index is 152. The summed E-state index contributed by atoms with van der Waals surface area (Å²) in [5.41, 5.74) is 5.96. The van der Waals surface area contributed by atoms with Gasteiger partial charge in [0.25, 0.3) is 0 Å². The second-order valence-corrected chi connectivity index (χ2v) is 5.46. The van der Waals surface area contributed by atoms with Gasteiger partial charge in [-0.05, 0) is 13.3 Å². The highest BCUT2D eigenvalue weighted by Gasteiger charge is 2.25. The van der Waals surface area contributed by atoms with Gasteiger partial charge in [0.1, 0.15) is 0 Å². The quantitative estimate of drug-likeness (QED) is 0.753. The molecule has 1 saturated heterocycles. The SMILES string of the molecule is CCC(N)CN1CCSC(C)C1C. The van der Waals surface area contributed by atoms with Gasteiger partial charge in [0.05, 0.1) is 0 Å². The zero-order valence-corrected chi connectivity index (χ0v) is 9.81. The second-order valence-electron chi connectivity index (χ2n) is 3.98. The standard InChI is InChI=1S/C10H22N2S/c1-4-10(11)7-12-5-6-13-9(3)8(12)2/h8-10H,4-7,11H2,1-3H3. The van der Waals surface area contributed by atoms with Crippen LogP contribution < -0.4 is 5.73 Å². The lowest BCUT2D eigenvalue weighted by Crippen LogP contribution is -2.49. The minimum atomic E-state index is 0.359. The minimum absolute atomic E-state index is 0.359. The first-order valence-electron chi connectivity index (χ1n) is 5.26. The predicted molar refractivity (Wildman–Crippen MR) is 61.2 cm³/mol. The van der Waals surface area contributed by atoms with Crippen molar-refractivity contribution in [1.82, 2.24) is 4.90 Å². The van der Waals surface area contributed by atoms with Crippen LogP contribution in [0, 0.1) is 0 Å². The highest BCUT2D eigenvalue weighted by Crippen LogP contribution is 2.24. The molecule has 0 spiro atoms. The number of rotatable bonds is 3. The van der Waals surface area contributed by atoms with Gasteiger partial charge in [-0.1, -0.05) is 13.8 Å². The maximum absolute atomic E-state index is 5.96. The molecule has 0 aromatic rings. The molecule has 1 aliphatic rings. The maximum atomic E-state index is 5.96. The molecule has 0 aromatic carbocycles. The van der Waals surface area contributed by atoms with E-state index >= 15 is 0 Å². The van der Waals surface area contributed by atoms with E-state index in [0.717, 1.165) is 18.2 Å². The molecule has 13 heavy (non-hydrogen) atoms. The van der Waals surface area contributed by atoms with Gasteiger partial charge in [-0.15, -0.1) is 0 Å². The molecular formula is C10H22N2S. The van der Waals surface area contributed by atoms with E-state index in [4.69, 9.17) is 5.73 Å². The highest BCUT2D eigenvalue weighted by atomic mass is 32.2. The fraction of sp³-hybridized carbons (Fsp3) is 1.00. The van der Waals surface area contributed by atoms with Crippen molar-refractivity contribution in [3.63, 3.8) is 0 Å². The van der Waals surface area contributed by atoms with Gasteiger partial charge in [0.15, 0.2) is 0 Å². The van der Waals surface area contributed by atoms with Crippen molar-refractivity contribution in [3.05, 3.63) is 0 Å². The van der Waals surface area contributed by atoms with Gasteiger partial charge < -0.3 is 5.73 Å². The van der Waals surface area contributed by atoms with Gasteiger partial charge in [0, 0.05) is 36.2 Å². The average molecular weight is 202 g/mol. The summed E-state index contributed by atoms with van der Waals surface area (Å²) in [5.74, 6) is 1.27. The van der Waals surface area contributed by atoms with Crippen molar-refractivity contribution in [2.45, 2.75) is 44.5 Å². The number of hydrogen-bond donors (Lipinski definition) is 1. The summed E-state index contributed by atoms with van der Waals surface area (Å²) in [7, 11) is 0. The first-order chi connectivity index (χ1) is 6.15. The molecule has 0 saturated carbocycles. The van der Waals surface area contributed by atoms with Crippen molar-refractivity contribution in [2.24, 2.45) is 5.73 Å². The van der Waals surface area contributed by atoms with E-state index in [1.54, 1.807) is 0 Å². The first kappa shape index (κ1) is 11.3.